The van der Waals surface area contributed by atoms with Gasteiger partial charge in [0.1, 0.15) is 22.9 Å². The summed E-state index contributed by atoms with van der Waals surface area (Å²) in [6.45, 7) is 0.971. The molecular formula is C18H18ClN5. The second kappa shape index (κ2) is 5.45. The van der Waals surface area contributed by atoms with E-state index in [9.17, 15) is 0 Å². The molecule has 0 bridgehead atoms. The van der Waals surface area contributed by atoms with Crippen molar-refractivity contribution >= 4 is 23.1 Å². The summed E-state index contributed by atoms with van der Waals surface area (Å²) in [4.78, 5) is 15.5. The highest BCUT2D eigenvalue weighted by Crippen LogP contribution is 2.40. The van der Waals surface area contributed by atoms with Crippen LogP contribution in [0.5, 0.6) is 0 Å². The molecule has 1 saturated carbocycles. The minimum atomic E-state index is 0.250. The number of rotatable bonds is 3. The third-order valence-corrected chi connectivity index (χ3v) is 5.26. The lowest BCUT2D eigenvalue weighted by molar-refractivity contribution is 0.692. The fourth-order valence-electron chi connectivity index (χ4n) is 3.68. The Morgan fingerprint density at radius 3 is 2.83 bits per heavy atom. The van der Waals surface area contributed by atoms with Gasteiger partial charge in [0.15, 0.2) is 0 Å². The molecule has 0 amide bonds. The number of nitrogens with zero attached hydrogens (tertiary/aromatic N) is 5. The zero-order valence-corrected chi connectivity index (χ0v) is 14.0. The summed E-state index contributed by atoms with van der Waals surface area (Å²) in [7, 11) is 0. The zero-order chi connectivity index (χ0) is 16.1. The fraction of sp³-hybridized carbons (Fsp3) is 0.389. The van der Waals surface area contributed by atoms with E-state index in [2.05, 4.69) is 43.8 Å². The molecule has 4 heterocycles. The van der Waals surface area contributed by atoms with Gasteiger partial charge in [-0.2, -0.15) is 0 Å². The van der Waals surface area contributed by atoms with Gasteiger partial charge in [0.05, 0.1) is 11.7 Å². The summed E-state index contributed by atoms with van der Waals surface area (Å²) < 4.78 is 2.17. The summed E-state index contributed by atoms with van der Waals surface area (Å²) in [5, 5.41) is 0.481. The van der Waals surface area contributed by atoms with Crippen molar-refractivity contribution in [3.63, 3.8) is 0 Å². The van der Waals surface area contributed by atoms with Crippen LogP contribution >= 0.6 is 11.6 Å². The first-order valence-corrected chi connectivity index (χ1v) is 8.88. The number of anilines is 1. The minimum Gasteiger partial charge on any atom is -0.348 e. The highest BCUT2D eigenvalue weighted by atomic mass is 35.5. The van der Waals surface area contributed by atoms with Crippen molar-refractivity contribution in [2.75, 3.05) is 11.4 Å². The van der Waals surface area contributed by atoms with Crippen molar-refractivity contribution in [3.05, 3.63) is 53.3 Å². The second-order valence-corrected chi connectivity index (χ2v) is 7.11. The van der Waals surface area contributed by atoms with Crippen LogP contribution in [0.4, 0.5) is 5.82 Å². The summed E-state index contributed by atoms with van der Waals surface area (Å²) in [6.07, 6.45) is 10.8. The average molecular weight is 340 g/mol. The maximum atomic E-state index is 6.04. The fourth-order valence-corrected chi connectivity index (χ4v) is 3.82. The third-order valence-electron chi connectivity index (χ3n) is 5.05. The number of hydrogen-bond acceptors (Lipinski definition) is 4. The van der Waals surface area contributed by atoms with Gasteiger partial charge in [-0.05, 0) is 43.2 Å². The van der Waals surface area contributed by atoms with Crippen LogP contribution < -0.4 is 4.90 Å². The molecule has 5 nitrogen and oxygen atoms in total. The van der Waals surface area contributed by atoms with Crippen molar-refractivity contribution in [2.45, 2.75) is 37.6 Å². The normalized spacial score (nSPS) is 20.9. The van der Waals surface area contributed by atoms with Crippen LogP contribution in [0, 0.1) is 0 Å². The molecule has 0 N–H and O–H groups in total. The van der Waals surface area contributed by atoms with E-state index in [1.54, 1.807) is 0 Å². The van der Waals surface area contributed by atoms with E-state index < -0.39 is 0 Å². The molecule has 3 aromatic heterocycles. The first kappa shape index (κ1) is 14.2. The van der Waals surface area contributed by atoms with Crippen molar-refractivity contribution in [1.82, 2.24) is 19.4 Å². The molecule has 122 valence electrons. The van der Waals surface area contributed by atoms with Gasteiger partial charge < -0.3 is 9.30 Å². The number of imidazole rings is 1. The number of aromatic nitrogens is 4. The van der Waals surface area contributed by atoms with Crippen LogP contribution in [0.3, 0.4) is 0 Å². The first-order valence-electron chi connectivity index (χ1n) is 8.51. The Balaban J connectivity index is 1.51. The van der Waals surface area contributed by atoms with E-state index in [-0.39, 0.29) is 6.04 Å². The van der Waals surface area contributed by atoms with Gasteiger partial charge in [-0.1, -0.05) is 17.7 Å². The van der Waals surface area contributed by atoms with Gasteiger partial charge >= 0.3 is 0 Å². The quantitative estimate of drug-likeness (QED) is 0.677. The lowest BCUT2D eigenvalue weighted by atomic mass is 10.1. The summed E-state index contributed by atoms with van der Waals surface area (Å²) in [5.74, 6) is 1.64. The Bertz CT molecular complexity index is 901. The van der Waals surface area contributed by atoms with Gasteiger partial charge in [0, 0.05) is 25.0 Å². The van der Waals surface area contributed by atoms with Crippen LogP contribution in [0.1, 0.15) is 48.9 Å². The Hall–Kier alpha value is -2.14. The Morgan fingerprint density at radius 2 is 2.00 bits per heavy atom. The predicted octanol–water partition coefficient (Wildman–Crippen LogP) is 4.00. The number of halogens is 1. The topological polar surface area (TPSA) is 46.3 Å². The molecule has 1 saturated heterocycles. The van der Waals surface area contributed by atoms with E-state index in [0.717, 1.165) is 42.5 Å². The van der Waals surface area contributed by atoms with Crippen molar-refractivity contribution in [2.24, 2.45) is 0 Å². The van der Waals surface area contributed by atoms with Gasteiger partial charge in [-0.15, -0.1) is 0 Å². The monoisotopic (exact) mass is 339 g/mol. The molecule has 0 unspecified atom stereocenters. The Labute approximate surface area is 145 Å². The number of fused-ring (bicyclic) bond motifs is 1. The smallest absolute Gasteiger partial charge is 0.137 e. The Kier molecular flexibility index (Phi) is 3.23. The standard InChI is InChI=1S/C18H18ClN5/c19-16-8-18(21-11-20-16)24-7-1-2-15(24)14-10-23-9-13(12-3-4-12)5-6-17(23)22-14/h5-6,8-12,15H,1-4,7H2/t15-/m1/s1. The van der Waals surface area contributed by atoms with Crippen LogP contribution in [0.15, 0.2) is 36.9 Å². The molecule has 3 aromatic rings. The SMILES string of the molecule is Clc1cc(N2CCC[C@@H]2c2cn3cc(C4CC4)ccc3n2)ncn1. The van der Waals surface area contributed by atoms with Crippen molar-refractivity contribution < 1.29 is 0 Å². The molecule has 5 rings (SSSR count). The first-order chi connectivity index (χ1) is 11.8. The molecule has 1 atom stereocenters. The third kappa shape index (κ3) is 2.44. The number of pyridine rings is 1. The lowest BCUT2D eigenvalue weighted by Crippen LogP contribution is -2.23. The second-order valence-electron chi connectivity index (χ2n) is 6.72. The largest absolute Gasteiger partial charge is 0.348 e. The lowest BCUT2D eigenvalue weighted by Gasteiger charge is -2.24. The number of hydrogen-bond donors (Lipinski definition) is 0. The summed E-state index contributed by atoms with van der Waals surface area (Å²) in [6, 6.07) is 6.44. The van der Waals surface area contributed by atoms with Gasteiger partial charge in [0.2, 0.25) is 0 Å². The molecule has 24 heavy (non-hydrogen) atoms. The van der Waals surface area contributed by atoms with Crippen LogP contribution in [-0.4, -0.2) is 25.9 Å². The Morgan fingerprint density at radius 1 is 1.08 bits per heavy atom. The minimum absolute atomic E-state index is 0.250. The van der Waals surface area contributed by atoms with Gasteiger partial charge in [-0.3, -0.25) is 0 Å². The maximum absolute atomic E-state index is 6.04. The van der Waals surface area contributed by atoms with E-state index in [4.69, 9.17) is 16.6 Å². The highest BCUT2D eigenvalue weighted by molar-refractivity contribution is 6.29. The van der Waals surface area contributed by atoms with Gasteiger partial charge in [0.25, 0.3) is 0 Å². The van der Waals surface area contributed by atoms with Crippen LogP contribution in [0.2, 0.25) is 5.15 Å². The molecule has 0 aromatic carbocycles. The molecule has 6 heteroatoms. The van der Waals surface area contributed by atoms with E-state index in [1.807, 2.05) is 6.07 Å². The predicted molar refractivity (Wildman–Crippen MR) is 93.5 cm³/mol. The van der Waals surface area contributed by atoms with Crippen LogP contribution in [0.25, 0.3) is 5.65 Å². The van der Waals surface area contributed by atoms with Gasteiger partial charge in [-0.25, -0.2) is 15.0 Å². The van der Waals surface area contributed by atoms with Crippen LogP contribution in [-0.2, 0) is 0 Å². The average Bonchev–Trinajstić information content (AvgIpc) is 3.17. The van der Waals surface area contributed by atoms with E-state index >= 15 is 0 Å². The summed E-state index contributed by atoms with van der Waals surface area (Å²) >= 11 is 6.04. The molecule has 0 radical (unpaired) electrons. The molecular weight excluding hydrogens is 322 g/mol. The molecule has 1 aliphatic carbocycles. The van der Waals surface area contributed by atoms with Crippen molar-refractivity contribution in [1.29, 1.82) is 0 Å². The molecule has 0 spiro atoms. The molecule has 2 fully saturated rings. The molecule has 2 aliphatic rings. The maximum Gasteiger partial charge on any atom is 0.137 e. The van der Waals surface area contributed by atoms with E-state index in [1.165, 1.54) is 24.7 Å². The molecule has 1 aliphatic heterocycles. The van der Waals surface area contributed by atoms with E-state index in [0.29, 0.717) is 5.15 Å². The zero-order valence-electron chi connectivity index (χ0n) is 13.3. The highest BCUT2D eigenvalue weighted by Gasteiger charge is 2.30. The summed E-state index contributed by atoms with van der Waals surface area (Å²) in [5.41, 5.74) is 3.55. The van der Waals surface area contributed by atoms with Crippen molar-refractivity contribution in [3.8, 4) is 0 Å².